The number of pyridine rings is 1. The summed E-state index contributed by atoms with van der Waals surface area (Å²) in [7, 11) is 1.35. The first-order valence-corrected chi connectivity index (χ1v) is 7.58. The average molecular weight is 332 g/mol. The molecule has 6 heteroatoms. The van der Waals surface area contributed by atoms with Crippen LogP contribution in [0, 0.1) is 5.41 Å². The van der Waals surface area contributed by atoms with Crippen LogP contribution in [0.1, 0.15) is 21.7 Å². The summed E-state index contributed by atoms with van der Waals surface area (Å²) < 4.78 is 4.68. The zero-order valence-electron chi connectivity index (χ0n) is 13.6. The highest BCUT2D eigenvalue weighted by molar-refractivity contribution is 6.08. The smallest absolute Gasteiger partial charge is 0.337 e. The fourth-order valence-corrected chi connectivity index (χ4v) is 2.26. The summed E-state index contributed by atoms with van der Waals surface area (Å²) in [6, 6.07) is 10.6. The van der Waals surface area contributed by atoms with Crippen LogP contribution in [0.4, 0.5) is 0 Å². The number of hydrogen-bond acceptors (Lipinski definition) is 5. The lowest BCUT2D eigenvalue weighted by atomic mass is 10.1. The topological polar surface area (TPSA) is 91.7 Å². The molecule has 3 aromatic rings. The minimum atomic E-state index is -0.366. The number of nitrogens with zero attached hydrogens (tertiary/aromatic N) is 2. The first-order chi connectivity index (χ1) is 12.2. The van der Waals surface area contributed by atoms with E-state index in [-0.39, 0.29) is 5.97 Å². The number of hydrogen-bond donors (Lipinski definition) is 2. The molecule has 0 atom stereocenters. The summed E-state index contributed by atoms with van der Waals surface area (Å²) in [5.74, 6) is 0.278. The highest BCUT2D eigenvalue weighted by Gasteiger charge is 2.06. The van der Waals surface area contributed by atoms with Crippen LogP contribution >= 0.6 is 0 Å². The number of H-pyrrole nitrogens is 1. The van der Waals surface area contributed by atoms with Gasteiger partial charge in [0.15, 0.2) is 0 Å². The molecule has 1 aromatic carbocycles. The largest absolute Gasteiger partial charge is 0.465 e. The van der Waals surface area contributed by atoms with E-state index in [0.717, 1.165) is 16.8 Å². The van der Waals surface area contributed by atoms with Crippen molar-refractivity contribution in [3.63, 3.8) is 0 Å². The van der Waals surface area contributed by atoms with Crippen molar-refractivity contribution in [1.82, 2.24) is 15.0 Å². The second-order valence-electron chi connectivity index (χ2n) is 5.23. The number of aromatic amines is 1. The van der Waals surface area contributed by atoms with Crippen molar-refractivity contribution in [3.8, 4) is 11.3 Å². The molecule has 2 aromatic heterocycles. The van der Waals surface area contributed by atoms with Gasteiger partial charge in [-0.3, -0.25) is 4.98 Å². The minimum absolute atomic E-state index is 0.366. The number of rotatable bonds is 5. The van der Waals surface area contributed by atoms with Gasteiger partial charge in [-0.05, 0) is 42.0 Å². The molecule has 6 nitrogen and oxygen atoms in total. The Morgan fingerprint density at radius 2 is 1.84 bits per heavy atom. The van der Waals surface area contributed by atoms with Gasteiger partial charge in [0, 0.05) is 18.0 Å². The second-order valence-corrected chi connectivity index (χ2v) is 5.23. The highest BCUT2D eigenvalue weighted by atomic mass is 16.5. The summed E-state index contributed by atoms with van der Waals surface area (Å²) in [6.07, 6.45) is 8.44. The van der Waals surface area contributed by atoms with E-state index in [0.29, 0.717) is 17.1 Å². The molecular formula is C19H16N4O2. The standard InChI is InChI=1S/C19H16N4O2/c1-25-19(24)15-4-2-14(3-5-15)17-12-22-18(23-17)7-6-16(20)13-8-10-21-11-9-13/h2-12,20H,1H3,(H,22,23)/b7-6-,20-16?. The molecule has 0 aliphatic rings. The molecule has 2 heterocycles. The van der Waals surface area contributed by atoms with E-state index in [4.69, 9.17) is 5.41 Å². The number of aromatic nitrogens is 3. The maximum absolute atomic E-state index is 11.5. The third-order valence-corrected chi connectivity index (χ3v) is 3.61. The quantitative estimate of drug-likeness (QED) is 0.554. The van der Waals surface area contributed by atoms with Gasteiger partial charge in [-0.25, -0.2) is 9.78 Å². The predicted molar refractivity (Wildman–Crippen MR) is 95.5 cm³/mol. The van der Waals surface area contributed by atoms with Crippen LogP contribution < -0.4 is 0 Å². The van der Waals surface area contributed by atoms with Gasteiger partial charge < -0.3 is 15.1 Å². The molecule has 25 heavy (non-hydrogen) atoms. The fourth-order valence-electron chi connectivity index (χ4n) is 2.26. The van der Waals surface area contributed by atoms with Gasteiger partial charge in [-0.15, -0.1) is 0 Å². The molecule has 0 unspecified atom stereocenters. The zero-order chi connectivity index (χ0) is 17.6. The van der Waals surface area contributed by atoms with Gasteiger partial charge in [0.2, 0.25) is 0 Å². The maximum Gasteiger partial charge on any atom is 0.337 e. The van der Waals surface area contributed by atoms with Crippen LogP contribution in [0.25, 0.3) is 17.3 Å². The Morgan fingerprint density at radius 1 is 1.12 bits per heavy atom. The molecule has 0 fully saturated rings. The molecule has 0 saturated heterocycles. The Balaban J connectivity index is 1.73. The summed E-state index contributed by atoms with van der Waals surface area (Å²) in [6.45, 7) is 0. The number of methoxy groups -OCH3 is 1. The molecule has 0 aliphatic carbocycles. The SMILES string of the molecule is COC(=O)c1ccc(-c2cnc(/C=C\C(=N)c3ccncc3)[nH]2)cc1. The zero-order valence-corrected chi connectivity index (χ0v) is 13.6. The average Bonchev–Trinajstić information content (AvgIpc) is 3.15. The molecule has 0 spiro atoms. The van der Waals surface area contributed by atoms with Gasteiger partial charge in [0.1, 0.15) is 5.82 Å². The monoisotopic (exact) mass is 332 g/mol. The van der Waals surface area contributed by atoms with E-state index in [9.17, 15) is 4.79 Å². The third-order valence-electron chi connectivity index (χ3n) is 3.61. The van der Waals surface area contributed by atoms with E-state index in [2.05, 4.69) is 19.7 Å². The number of nitrogens with one attached hydrogen (secondary N) is 2. The van der Waals surface area contributed by atoms with Crippen LogP contribution in [-0.2, 0) is 4.74 Å². The van der Waals surface area contributed by atoms with Crippen LogP contribution in [0.3, 0.4) is 0 Å². The summed E-state index contributed by atoms with van der Waals surface area (Å²) >= 11 is 0. The van der Waals surface area contributed by atoms with Gasteiger partial charge in [-0.2, -0.15) is 0 Å². The number of allylic oxidation sites excluding steroid dienone is 1. The number of imidazole rings is 1. The van der Waals surface area contributed by atoms with Gasteiger partial charge in [0.05, 0.1) is 30.3 Å². The molecular weight excluding hydrogens is 316 g/mol. The number of carbonyl (C=O) groups is 1. The number of carbonyl (C=O) groups excluding carboxylic acids is 1. The van der Waals surface area contributed by atoms with Crippen molar-refractivity contribution >= 4 is 17.8 Å². The molecule has 0 aliphatic heterocycles. The Bertz CT molecular complexity index is 912. The lowest BCUT2D eigenvalue weighted by Gasteiger charge is -2.01. The van der Waals surface area contributed by atoms with Crippen molar-refractivity contribution in [2.75, 3.05) is 7.11 Å². The van der Waals surface area contributed by atoms with Gasteiger partial charge >= 0.3 is 5.97 Å². The van der Waals surface area contributed by atoms with Crippen molar-refractivity contribution < 1.29 is 9.53 Å². The highest BCUT2D eigenvalue weighted by Crippen LogP contribution is 2.18. The van der Waals surface area contributed by atoms with Crippen LogP contribution in [0.15, 0.2) is 61.1 Å². The van der Waals surface area contributed by atoms with E-state index >= 15 is 0 Å². The predicted octanol–water partition coefficient (Wildman–Crippen LogP) is 3.34. The number of esters is 1. The molecule has 2 N–H and O–H groups in total. The summed E-state index contributed by atoms with van der Waals surface area (Å²) in [4.78, 5) is 22.9. The minimum Gasteiger partial charge on any atom is -0.465 e. The Hall–Kier alpha value is -3.54. The van der Waals surface area contributed by atoms with E-state index in [1.807, 2.05) is 12.1 Å². The lowest BCUT2D eigenvalue weighted by molar-refractivity contribution is 0.0601. The lowest BCUT2D eigenvalue weighted by Crippen LogP contribution is -2.00. The van der Waals surface area contributed by atoms with E-state index in [1.165, 1.54) is 7.11 Å². The Morgan fingerprint density at radius 3 is 2.52 bits per heavy atom. The maximum atomic E-state index is 11.5. The molecule has 0 radical (unpaired) electrons. The Kier molecular flexibility index (Phi) is 4.80. The molecule has 0 bridgehead atoms. The second kappa shape index (κ2) is 7.35. The molecule has 0 saturated carbocycles. The van der Waals surface area contributed by atoms with E-state index in [1.54, 1.807) is 55.0 Å². The van der Waals surface area contributed by atoms with Gasteiger partial charge in [0.25, 0.3) is 0 Å². The van der Waals surface area contributed by atoms with E-state index < -0.39 is 0 Å². The Labute approximate surface area is 144 Å². The van der Waals surface area contributed by atoms with Crippen LogP contribution in [-0.4, -0.2) is 33.7 Å². The first-order valence-electron chi connectivity index (χ1n) is 7.58. The third kappa shape index (κ3) is 3.87. The molecule has 0 amide bonds. The van der Waals surface area contributed by atoms with Crippen molar-refractivity contribution in [3.05, 3.63) is 78.0 Å². The van der Waals surface area contributed by atoms with Crippen molar-refractivity contribution in [1.29, 1.82) is 5.41 Å². The van der Waals surface area contributed by atoms with Crippen LogP contribution in [0.2, 0.25) is 0 Å². The molecule has 124 valence electrons. The summed E-state index contributed by atoms with van der Waals surface area (Å²) in [5, 5.41) is 8.03. The number of ether oxygens (including phenoxy) is 1. The summed E-state index contributed by atoms with van der Waals surface area (Å²) in [5.41, 5.74) is 3.39. The van der Waals surface area contributed by atoms with Gasteiger partial charge in [-0.1, -0.05) is 12.1 Å². The number of benzene rings is 1. The molecule has 3 rings (SSSR count). The fraction of sp³-hybridized carbons (Fsp3) is 0.0526. The van der Waals surface area contributed by atoms with Crippen LogP contribution in [0.5, 0.6) is 0 Å². The van der Waals surface area contributed by atoms with Crippen molar-refractivity contribution in [2.24, 2.45) is 0 Å². The normalized spacial score (nSPS) is 10.8. The van der Waals surface area contributed by atoms with Crippen molar-refractivity contribution in [2.45, 2.75) is 0 Å². The first kappa shape index (κ1) is 16.3.